The van der Waals surface area contributed by atoms with Crippen LogP contribution in [0.25, 0.3) is 16.5 Å². The van der Waals surface area contributed by atoms with Crippen LogP contribution in [0.4, 0.5) is 5.69 Å². The molecule has 0 bridgehead atoms. The van der Waals surface area contributed by atoms with Crippen molar-refractivity contribution < 1.29 is 4.79 Å². The van der Waals surface area contributed by atoms with E-state index < -0.39 is 0 Å². The number of hydrogen-bond acceptors (Lipinski definition) is 4. The summed E-state index contributed by atoms with van der Waals surface area (Å²) in [6.45, 7) is 6.06. The van der Waals surface area contributed by atoms with Crippen LogP contribution in [0.3, 0.4) is 0 Å². The number of carbonyl (C=O) groups is 1. The minimum Gasteiger partial charge on any atom is -0.369 e. The average Bonchev–Trinajstić information content (AvgIpc) is 2.83. The normalized spacial score (nSPS) is 15.9. The zero-order valence-electron chi connectivity index (χ0n) is 18.9. The Hall–Kier alpha value is -3.44. The molecule has 5 rings (SSSR count). The summed E-state index contributed by atoms with van der Waals surface area (Å²) in [6, 6.07) is 20.5. The van der Waals surface area contributed by atoms with E-state index in [1.165, 1.54) is 16.8 Å². The first-order chi connectivity index (χ1) is 16.3. The van der Waals surface area contributed by atoms with E-state index in [1.54, 1.807) is 6.07 Å². The van der Waals surface area contributed by atoms with Crippen molar-refractivity contribution in [2.24, 2.45) is 0 Å². The molecule has 1 saturated heterocycles. The number of nitrogens with zero attached hydrogens (tertiary/aromatic N) is 3. The number of pyridine rings is 1. The fourth-order valence-corrected chi connectivity index (χ4v) is 4.42. The molecular formula is C28H30N4O. The molecule has 2 aromatic carbocycles. The van der Waals surface area contributed by atoms with Gasteiger partial charge in [0.05, 0.1) is 5.52 Å². The fourth-order valence-electron chi connectivity index (χ4n) is 4.42. The summed E-state index contributed by atoms with van der Waals surface area (Å²) in [5, 5.41) is 4.07. The molecule has 33 heavy (non-hydrogen) atoms. The maximum Gasteiger partial charge on any atom is 0.269 e. The molecule has 0 unspecified atom stereocenters. The van der Waals surface area contributed by atoms with Crippen LogP contribution >= 0.6 is 0 Å². The quantitative estimate of drug-likeness (QED) is 0.526. The van der Waals surface area contributed by atoms with Crippen molar-refractivity contribution in [3.05, 3.63) is 90.1 Å². The SMILES string of the molecule is O=C(NCCCCN1CCN(c2ccc(C3=CC=C3)cc2)CC1)c1ccc2ccccc2n1. The molecule has 0 atom stereocenters. The average molecular weight is 439 g/mol. The van der Waals surface area contributed by atoms with Crippen LogP contribution < -0.4 is 10.2 Å². The molecule has 1 N–H and O–H groups in total. The molecule has 0 saturated carbocycles. The first-order valence-corrected chi connectivity index (χ1v) is 11.9. The van der Waals surface area contributed by atoms with Gasteiger partial charge in [0.25, 0.3) is 5.91 Å². The number of hydrogen-bond donors (Lipinski definition) is 1. The fraction of sp³-hybridized carbons (Fsp3) is 0.286. The molecule has 5 nitrogen and oxygen atoms in total. The summed E-state index contributed by atoms with van der Waals surface area (Å²) < 4.78 is 0. The summed E-state index contributed by atoms with van der Waals surface area (Å²) in [4.78, 5) is 21.9. The Morgan fingerprint density at radius 1 is 0.909 bits per heavy atom. The molecule has 1 aliphatic carbocycles. The maximum atomic E-state index is 12.4. The Morgan fingerprint density at radius 2 is 1.70 bits per heavy atom. The predicted molar refractivity (Wildman–Crippen MR) is 136 cm³/mol. The standard InChI is InChI=1S/C28H30N4O/c33-28(27-15-12-24-6-1-2-9-26(24)30-27)29-16-3-4-17-31-18-20-32(21-19-31)25-13-10-23(11-14-25)22-7-5-8-22/h1-2,5-15H,3-4,16-21H2,(H,29,33). The lowest BCUT2D eigenvalue weighted by molar-refractivity contribution is 0.0948. The lowest BCUT2D eigenvalue weighted by Gasteiger charge is -2.36. The van der Waals surface area contributed by atoms with Crippen LogP contribution in [0.1, 0.15) is 28.9 Å². The van der Waals surface area contributed by atoms with Crippen molar-refractivity contribution in [2.75, 3.05) is 44.2 Å². The van der Waals surface area contributed by atoms with Gasteiger partial charge >= 0.3 is 0 Å². The number of aromatic nitrogens is 1. The molecule has 1 aliphatic heterocycles. The highest BCUT2D eigenvalue weighted by Gasteiger charge is 2.17. The van der Waals surface area contributed by atoms with Gasteiger partial charge in [-0.1, -0.05) is 54.6 Å². The Morgan fingerprint density at radius 3 is 2.45 bits per heavy atom. The van der Waals surface area contributed by atoms with Crippen molar-refractivity contribution in [3.8, 4) is 0 Å². The van der Waals surface area contributed by atoms with Gasteiger partial charge in [0.15, 0.2) is 0 Å². The van der Waals surface area contributed by atoms with Gasteiger partial charge in [0, 0.05) is 43.8 Å². The molecule has 1 amide bonds. The molecule has 2 aliphatic rings. The second-order valence-electron chi connectivity index (χ2n) is 8.71. The highest BCUT2D eigenvalue weighted by molar-refractivity contribution is 5.94. The number of piperazine rings is 1. The number of allylic oxidation sites excluding steroid dienone is 4. The second-order valence-corrected chi connectivity index (χ2v) is 8.71. The lowest BCUT2D eigenvalue weighted by atomic mass is 9.99. The largest absolute Gasteiger partial charge is 0.369 e. The van der Waals surface area contributed by atoms with Crippen LogP contribution in [-0.4, -0.2) is 55.1 Å². The monoisotopic (exact) mass is 438 g/mol. The minimum atomic E-state index is -0.0926. The van der Waals surface area contributed by atoms with Gasteiger partial charge in [-0.3, -0.25) is 9.69 Å². The molecular weight excluding hydrogens is 408 g/mol. The predicted octanol–water partition coefficient (Wildman–Crippen LogP) is 4.52. The van der Waals surface area contributed by atoms with Crippen molar-refractivity contribution in [1.29, 1.82) is 0 Å². The third-order valence-corrected chi connectivity index (χ3v) is 6.51. The third kappa shape index (κ3) is 5.15. The molecule has 2 heterocycles. The van der Waals surface area contributed by atoms with E-state index in [0.717, 1.165) is 56.5 Å². The van der Waals surface area contributed by atoms with Gasteiger partial charge < -0.3 is 10.2 Å². The van der Waals surface area contributed by atoms with Crippen LogP contribution in [0.2, 0.25) is 0 Å². The number of benzene rings is 2. The number of anilines is 1. The molecule has 1 fully saturated rings. The van der Waals surface area contributed by atoms with Crippen LogP contribution in [0, 0.1) is 0 Å². The van der Waals surface area contributed by atoms with Gasteiger partial charge in [-0.25, -0.2) is 4.98 Å². The van der Waals surface area contributed by atoms with E-state index in [4.69, 9.17) is 0 Å². The van der Waals surface area contributed by atoms with Crippen molar-refractivity contribution in [1.82, 2.24) is 15.2 Å². The molecule has 0 radical (unpaired) electrons. The Kier molecular flexibility index (Phi) is 6.49. The highest BCUT2D eigenvalue weighted by atomic mass is 16.1. The first-order valence-electron chi connectivity index (χ1n) is 11.9. The first kappa shape index (κ1) is 21.4. The van der Waals surface area contributed by atoms with Gasteiger partial charge in [-0.2, -0.15) is 0 Å². The Labute approximate surface area is 195 Å². The van der Waals surface area contributed by atoms with Crippen molar-refractivity contribution >= 4 is 28.1 Å². The number of carbonyl (C=O) groups excluding carboxylic acids is 1. The summed E-state index contributed by atoms with van der Waals surface area (Å²) in [7, 11) is 0. The molecule has 1 aromatic heterocycles. The zero-order valence-corrected chi connectivity index (χ0v) is 18.9. The van der Waals surface area contributed by atoms with E-state index in [1.807, 2.05) is 30.3 Å². The van der Waals surface area contributed by atoms with Gasteiger partial charge in [-0.05, 0) is 54.8 Å². The van der Waals surface area contributed by atoms with E-state index >= 15 is 0 Å². The van der Waals surface area contributed by atoms with Crippen LogP contribution in [-0.2, 0) is 0 Å². The lowest BCUT2D eigenvalue weighted by Crippen LogP contribution is -2.46. The minimum absolute atomic E-state index is 0.0926. The Bertz CT molecular complexity index is 1170. The molecule has 0 spiro atoms. The topological polar surface area (TPSA) is 48.5 Å². The maximum absolute atomic E-state index is 12.4. The molecule has 168 valence electrons. The van der Waals surface area contributed by atoms with E-state index in [0.29, 0.717) is 12.2 Å². The number of amides is 1. The third-order valence-electron chi connectivity index (χ3n) is 6.51. The number of nitrogens with one attached hydrogen (secondary N) is 1. The summed E-state index contributed by atoms with van der Waals surface area (Å²) in [6.07, 6.45) is 8.45. The summed E-state index contributed by atoms with van der Waals surface area (Å²) >= 11 is 0. The van der Waals surface area contributed by atoms with Gasteiger partial charge in [0.2, 0.25) is 0 Å². The van der Waals surface area contributed by atoms with Gasteiger partial charge in [0.1, 0.15) is 5.69 Å². The highest BCUT2D eigenvalue weighted by Crippen LogP contribution is 2.25. The smallest absolute Gasteiger partial charge is 0.269 e. The van der Waals surface area contributed by atoms with Crippen LogP contribution in [0.15, 0.2) is 78.9 Å². The van der Waals surface area contributed by atoms with E-state index in [9.17, 15) is 4.79 Å². The second kappa shape index (κ2) is 10.0. The molecule has 3 aromatic rings. The van der Waals surface area contributed by atoms with Crippen molar-refractivity contribution in [2.45, 2.75) is 12.8 Å². The summed E-state index contributed by atoms with van der Waals surface area (Å²) in [5.74, 6) is -0.0926. The number of rotatable bonds is 8. The summed E-state index contributed by atoms with van der Waals surface area (Å²) in [5.41, 5.74) is 5.26. The number of unbranched alkanes of at least 4 members (excludes halogenated alkanes) is 1. The zero-order chi connectivity index (χ0) is 22.5. The molecule has 5 heteroatoms. The number of fused-ring (bicyclic) bond motifs is 1. The van der Waals surface area contributed by atoms with E-state index in [2.05, 4.69) is 62.6 Å². The van der Waals surface area contributed by atoms with Crippen LogP contribution in [0.5, 0.6) is 0 Å². The van der Waals surface area contributed by atoms with Crippen molar-refractivity contribution in [3.63, 3.8) is 0 Å². The van der Waals surface area contributed by atoms with Gasteiger partial charge in [-0.15, -0.1) is 0 Å². The van der Waals surface area contributed by atoms with E-state index in [-0.39, 0.29) is 5.91 Å². The number of para-hydroxylation sites is 1. The Balaban J connectivity index is 0.998.